The summed E-state index contributed by atoms with van der Waals surface area (Å²) < 4.78 is 11.0. The molecule has 0 unspecified atom stereocenters. The van der Waals surface area contributed by atoms with Gasteiger partial charge in [-0.15, -0.1) is 0 Å². The highest BCUT2D eigenvalue weighted by Gasteiger charge is 2.36. The minimum atomic E-state index is -0.519. The van der Waals surface area contributed by atoms with Gasteiger partial charge in [0.1, 0.15) is 24.7 Å². The number of nitrogens with one attached hydrogen (secondary N) is 1. The number of anilines is 1. The molecule has 3 aromatic rings. The molecule has 1 heterocycles. The molecule has 7 nitrogen and oxygen atoms in total. The van der Waals surface area contributed by atoms with Crippen LogP contribution in [0.1, 0.15) is 11.1 Å². The molecule has 1 fully saturated rings. The van der Waals surface area contributed by atoms with Gasteiger partial charge in [0.25, 0.3) is 11.1 Å². The first-order valence-electron chi connectivity index (χ1n) is 10.6. The number of thioether (sulfide) groups is 1. The minimum absolute atomic E-state index is 0.241. The number of benzene rings is 3. The Morgan fingerprint density at radius 3 is 2.49 bits per heavy atom. The van der Waals surface area contributed by atoms with Crippen LogP contribution in [0, 0.1) is 0 Å². The van der Waals surface area contributed by atoms with E-state index in [1.165, 1.54) is 7.11 Å². The summed E-state index contributed by atoms with van der Waals surface area (Å²) in [6.45, 7) is -0.0658. The van der Waals surface area contributed by atoms with Gasteiger partial charge in [-0.3, -0.25) is 19.3 Å². The third-order valence-electron chi connectivity index (χ3n) is 5.09. The van der Waals surface area contributed by atoms with Crippen LogP contribution >= 0.6 is 23.4 Å². The summed E-state index contributed by atoms with van der Waals surface area (Å²) in [6, 6.07) is 21.4. The first kappa shape index (κ1) is 24.4. The van der Waals surface area contributed by atoms with Gasteiger partial charge in [0.15, 0.2) is 0 Å². The Bertz CT molecular complexity index is 1290. The van der Waals surface area contributed by atoms with Gasteiger partial charge in [0.2, 0.25) is 5.91 Å². The van der Waals surface area contributed by atoms with E-state index >= 15 is 0 Å². The van der Waals surface area contributed by atoms with E-state index in [1.807, 2.05) is 18.2 Å². The van der Waals surface area contributed by atoms with E-state index in [9.17, 15) is 14.4 Å². The van der Waals surface area contributed by atoms with E-state index in [2.05, 4.69) is 5.32 Å². The molecular weight excluding hydrogens is 488 g/mol. The summed E-state index contributed by atoms with van der Waals surface area (Å²) in [7, 11) is 1.49. The molecule has 1 aliphatic heterocycles. The number of methoxy groups -OCH3 is 1. The van der Waals surface area contributed by atoms with E-state index in [4.69, 9.17) is 21.1 Å². The molecule has 1 N–H and O–H groups in total. The van der Waals surface area contributed by atoms with E-state index < -0.39 is 23.6 Å². The first-order chi connectivity index (χ1) is 16.9. The molecule has 0 spiro atoms. The van der Waals surface area contributed by atoms with E-state index in [0.29, 0.717) is 28.8 Å². The summed E-state index contributed by atoms with van der Waals surface area (Å²) >= 11 is 6.94. The van der Waals surface area contributed by atoms with Crippen molar-refractivity contribution in [2.24, 2.45) is 0 Å². The van der Waals surface area contributed by atoms with Crippen LogP contribution in [-0.2, 0) is 16.2 Å². The van der Waals surface area contributed by atoms with Gasteiger partial charge in [-0.1, -0.05) is 54.1 Å². The summed E-state index contributed by atoms with van der Waals surface area (Å²) in [5.74, 6) is 0.102. The highest BCUT2D eigenvalue weighted by molar-refractivity contribution is 8.18. The Balaban J connectivity index is 1.37. The van der Waals surface area contributed by atoms with E-state index in [0.717, 1.165) is 27.8 Å². The van der Waals surface area contributed by atoms with Crippen molar-refractivity contribution in [2.45, 2.75) is 6.61 Å². The van der Waals surface area contributed by atoms with Crippen molar-refractivity contribution in [1.29, 1.82) is 0 Å². The molecule has 178 valence electrons. The molecule has 0 radical (unpaired) electrons. The normalized spacial score (nSPS) is 14.3. The summed E-state index contributed by atoms with van der Waals surface area (Å²) in [5, 5.41) is 2.80. The van der Waals surface area contributed by atoms with Crippen molar-refractivity contribution in [1.82, 2.24) is 4.90 Å². The van der Waals surface area contributed by atoms with Gasteiger partial charge in [0.05, 0.1) is 17.7 Å². The molecule has 3 amide bonds. The number of amides is 3. The summed E-state index contributed by atoms with van der Waals surface area (Å²) in [4.78, 5) is 38.8. The molecule has 0 saturated carbocycles. The highest BCUT2D eigenvalue weighted by atomic mass is 35.5. The Morgan fingerprint density at radius 2 is 1.74 bits per heavy atom. The summed E-state index contributed by atoms with van der Waals surface area (Å²) in [6.07, 6.45) is 1.61. The quantitative estimate of drug-likeness (QED) is 0.398. The fraction of sp³-hybridized carbons (Fsp3) is 0.115. The zero-order chi connectivity index (χ0) is 24.8. The fourth-order valence-electron chi connectivity index (χ4n) is 3.31. The van der Waals surface area contributed by atoms with Crippen molar-refractivity contribution in [3.63, 3.8) is 0 Å². The lowest BCUT2D eigenvalue weighted by molar-refractivity contribution is -0.127. The van der Waals surface area contributed by atoms with Gasteiger partial charge in [0, 0.05) is 10.6 Å². The second-order valence-corrected chi connectivity index (χ2v) is 8.87. The Kier molecular flexibility index (Phi) is 7.74. The number of hydrogen-bond acceptors (Lipinski definition) is 6. The number of halogens is 1. The lowest BCUT2D eigenvalue weighted by Crippen LogP contribution is -2.36. The molecule has 3 aromatic carbocycles. The number of carbonyl (C=O) groups is 3. The molecule has 9 heteroatoms. The predicted molar refractivity (Wildman–Crippen MR) is 137 cm³/mol. The van der Waals surface area contributed by atoms with Crippen molar-refractivity contribution in [3.05, 3.63) is 93.9 Å². The number of carbonyl (C=O) groups excluding carboxylic acids is 3. The van der Waals surface area contributed by atoms with Gasteiger partial charge >= 0.3 is 0 Å². The molecule has 0 atom stereocenters. The topological polar surface area (TPSA) is 84.9 Å². The Labute approximate surface area is 211 Å². The third-order valence-corrected chi connectivity index (χ3v) is 6.36. The number of ether oxygens (including phenoxy) is 2. The molecule has 1 aliphatic rings. The standard InChI is InChI=1S/C26H21ClN2O5S/c1-33-22-9-5-4-8-21(22)28-24(30)15-29-25(31)23(35-26(29)32)14-17-10-12-19(13-11-17)34-16-18-6-2-3-7-20(18)27/h2-14H,15-16H2,1H3,(H,28,30)/b23-14+. The number of rotatable bonds is 8. The minimum Gasteiger partial charge on any atom is -0.495 e. The van der Waals surface area contributed by atoms with Crippen LogP contribution in [0.15, 0.2) is 77.7 Å². The second-order valence-electron chi connectivity index (χ2n) is 7.47. The monoisotopic (exact) mass is 508 g/mol. The van der Waals surface area contributed by atoms with Crippen LogP contribution in [0.2, 0.25) is 5.02 Å². The van der Waals surface area contributed by atoms with E-state index in [-0.39, 0.29) is 4.91 Å². The van der Waals surface area contributed by atoms with Gasteiger partial charge < -0.3 is 14.8 Å². The number of hydrogen-bond donors (Lipinski definition) is 1. The van der Waals surface area contributed by atoms with Crippen LogP contribution < -0.4 is 14.8 Å². The fourth-order valence-corrected chi connectivity index (χ4v) is 4.33. The SMILES string of the molecule is COc1ccccc1NC(=O)CN1C(=O)S/C(=C/c2ccc(OCc3ccccc3Cl)cc2)C1=O. The predicted octanol–water partition coefficient (Wildman–Crippen LogP) is 5.60. The van der Waals surface area contributed by atoms with Gasteiger partial charge in [-0.05, 0) is 53.7 Å². The van der Waals surface area contributed by atoms with Crippen LogP contribution in [0.5, 0.6) is 11.5 Å². The molecule has 1 saturated heterocycles. The smallest absolute Gasteiger partial charge is 0.294 e. The van der Waals surface area contributed by atoms with Crippen LogP contribution in [-0.4, -0.2) is 35.6 Å². The maximum atomic E-state index is 12.8. The second kappa shape index (κ2) is 11.1. The van der Waals surface area contributed by atoms with Crippen molar-refractivity contribution < 1.29 is 23.9 Å². The zero-order valence-electron chi connectivity index (χ0n) is 18.7. The maximum Gasteiger partial charge on any atom is 0.294 e. The van der Waals surface area contributed by atoms with Gasteiger partial charge in [-0.25, -0.2) is 0 Å². The largest absolute Gasteiger partial charge is 0.495 e. The molecule has 0 aliphatic carbocycles. The van der Waals surface area contributed by atoms with Crippen LogP contribution in [0.4, 0.5) is 10.5 Å². The lowest BCUT2D eigenvalue weighted by atomic mass is 10.2. The molecular formula is C26H21ClN2O5S. The molecule has 0 bridgehead atoms. The molecule has 4 rings (SSSR count). The summed E-state index contributed by atoms with van der Waals surface area (Å²) in [5.41, 5.74) is 2.06. The average Bonchev–Trinajstić information content (AvgIpc) is 3.12. The third kappa shape index (κ3) is 6.03. The van der Waals surface area contributed by atoms with Crippen LogP contribution in [0.3, 0.4) is 0 Å². The van der Waals surface area contributed by atoms with Crippen molar-refractivity contribution in [3.8, 4) is 11.5 Å². The lowest BCUT2D eigenvalue weighted by Gasteiger charge is -2.14. The van der Waals surface area contributed by atoms with Crippen molar-refractivity contribution in [2.75, 3.05) is 19.0 Å². The highest BCUT2D eigenvalue weighted by Crippen LogP contribution is 2.32. The molecule has 0 aromatic heterocycles. The zero-order valence-corrected chi connectivity index (χ0v) is 20.3. The number of nitrogens with zero attached hydrogens (tertiary/aromatic N) is 1. The Morgan fingerprint density at radius 1 is 1.03 bits per heavy atom. The van der Waals surface area contributed by atoms with Crippen molar-refractivity contribution >= 4 is 52.2 Å². The molecule has 35 heavy (non-hydrogen) atoms. The average molecular weight is 509 g/mol. The maximum absolute atomic E-state index is 12.8. The number of para-hydroxylation sites is 2. The van der Waals surface area contributed by atoms with Gasteiger partial charge in [-0.2, -0.15) is 0 Å². The van der Waals surface area contributed by atoms with Crippen LogP contribution in [0.25, 0.3) is 6.08 Å². The number of imide groups is 1. The van der Waals surface area contributed by atoms with E-state index in [1.54, 1.807) is 60.7 Å². The Hall–Kier alpha value is -3.75. The first-order valence-corrected chi connectivity index (χ1v) is 11.8.